The van der Waals surface area contributed by atoms with Gasteiger partial charge < -0.3 is 25.6 Å². The Morgan fingerprint density at radius 1 is 1.24 bits per heavy atom. The molecule has 1 aliphatic heterocycles. The summed E-state index contributed by atoms with van der Waals surface area (Å²) >= 11 is 0. The highest BCUT2D eigenvalue weighted by Gasteiger charge is 2.40. The summed E-state index contributed by atoms with van der Waals surface area (Å²) in [4.78, 5) is 25.2. The molecule has 8 heteroatoms. The Balaban J connectivity index is 2.79. The first kappa shape index (κ1) is 22.4. The molecule has 0 amide bonds. The van der Waals surface area contributed by atoms with Gasteiger partial charge in [0, 0.05) is 29.4 Å². The average molecular weight is 406 g/mol. The molecule has 2 rings (SSSR count). The van der Waals surface area contributed by atoms with Gasteiger partial charge in [0.05, 0.1) is 30.8 Å². The number of halogens is 1. The highest BCUT2D eigenvalue weighted by molar-refractivity contribution is 5.99. The van der Waals surface area contributed by atoms with Gasteiger partial charge in [0.1, 0.15) is 11.6 Å². The van der Waals surface area contributed by atoms with E-state index in [2.05, 4.69) is 5.32 Å². The summed E-state index contributed by atoms with van der Waals surface area (Å²) in [5, 5.41) is 13.0. The van der Waals surface area contributed by atoms with Gasteiger partial charge in [-0.05, 0) is 25.5 Å². The van der Waals surface area contributed by atoms with Gasteiger partial charge in [-0.1, -0.05) is 19.9 Å². The molecule has 158 valence electrons. The number of esters is 1. The smallest absolute Gasteiger partial charge is 0.336 e. The molecule has 7 nitrogen and oxygen atoms in total. The van der Waals surface area contributed by atoms with E-state index in [1.165, 1.54) is 25.3 Å². The molecule has 1 aromatic rings. The van der Waals surface area contributed by atoms with Crippen molar-refractivity contribution in [2.75, 3.05) is 20.3 Å². The molecular formula is C21H27FN2O5. The second-order valence-corrected chi connectivity index (χ2v) is 6.56. The molecule has 1 unspecified atom stereocenters. The SMILES string of the molecule is CCCOC(=O)C1=C(CCN)NC(CC)=C(C(=O)O)C1c1ccc(F)cc1OC. The van der Waals surface area contributed by atoms with E-state index in [-0.39, 0.29) is 30.0 Å². The fraction of sp³-hybridized carbons (Fsp3) is 0.429. The first-order valence-corrected chi connectivity index (χ1v) is 9.56. The highest BCUT2D eigenvalue weighted by atomic mass is 19.1. The third-order valence-electron chi connectivity index (χ3n) is 4.67. The topological polar surface area (TPSA) is 111 Å². The Hall–Kier alpha value is -2.87. The van der Waals surface area contributed by atoms with Gasteiger partial charge in [-0.15, -0.1) is 0 Å². The van der Waals surface area contributed by atoms with E-state index >= 15 is 0 Å². The Labute approximate surface area is 169 Å². The number of nitrogens with two attached hydrogens (primary N) is 1. The molecule has 29 heavy (non-hydrogen) atoms. The van der Waals surface area contributed by atoms with E-state index in [0.29, 0.717) is 36.2 Å². The van der Waals surface area contributed by atoms with Crippen LogP contribution >= 0.6 is 0 Å². The molecule has 0 saturated heterocycles. The number of dihydropyridines is 1. The van der Waals surface area contributed by atoms with Gasteiger partial charge in [0.15, 0.2) is 0 Å². The minimum Gasteiger partial charge on any atom is -0.496 e. The zero-order chi connectivity index (χ0) is 21.6. The second-order valence-electron chi connectivity index (χ2n) is 6.56. The predicted octanol–water partition coefficient (Wildman–Crippen LogP) is 2.83. The van der Waals surface area contributed by atoms with Crippen LogP contribution in [0.2, 0.25) is 0 Å². The van der Waals surface area contributed by atoms with E-state index in [4.69, 9.17) is 15.2 Å². The second kappa shape index (κ2) is 10.1. The van der Waals surface area contributed by atoms with Crippen LogP contribution < -0.4 is 15.8 Å². The first-order valence-electron chi connectivity index (χ1n) is 9.56. The quantitative estimate of drug-likeness (QED) is 0.541. The van der Waals surface area contributed by atoms with Crippen LogP contribution in [-0.4, -0.2) is 37.3 Å². The van der Waals surface area contributed by atoms with E-state index < -0.39 is 23.7 Å². The molecule has 1 aromatic carbocycles. The van der Waals surface area contributed by atoms with Crippen LogP contribution in [0, 0.1) is 5.82 Å². The number of aliphatic carboxylic acids is 1. The summed E-state index contributed by atoms with van der Waals surface area (Å²) in [5.41, 5.74) is 7.23. The van der Waals surface area contributed by atoms with Crippen molar-refractivity contribution >= 4 is 11.9 Å². The number of carboxylic acid groups (broad SMARTS) is 1. The fourth-order valence-corrected chi connectivity index (χ4v) is 3.43. The molecular weight excluding hydrogens is 379 g/mol. The minimum atomic E-state index is -1.18. The van der Waals surface area contributed by atoms with Crippen LogP contribution in [-0.2, 0) is 14.3 Å². The van der Waals surface area contributed by atoms with Crippen LogP contribution in [0.1, 0.15) is 44.6 Å². The van der Waals surface area contributed by atoms with Gasteiger partial charge in [-0.2, -0.15) is 0 Å². The van der Waals surface area contributed by atoms with Gasteiger partial charge in [0.25, 0.3) is 0 Å². The van der Waals surface area contributed by atoms with Crippen molar-refractivity contribution in [2.24, 2.45) is 5.73 Å². The average Bonchev–Trinajstić information content (AvgIpc) is 2.70. The Morgan fingerprint density at radius 2 is 1.97 bits per heavy atom. The summed E-state index contributed by atoms with van der Waals surface area (Å²) in [6, 6.07) is 3.82. The summed E-state index contributed by atoms with van der Waals surface area (Å²) in [7, 11) is 1.36. The Morgan fingerprint density at radius 3 is 2.52 bits per heavy atom. The number of carboxylic acids is 1. The minimum absolute atomic E-state index is 0.00151. The summed E-state index contributed by atoms with van der Waals surface area (Å²) < 4.78 is 24.4. The van der Waals surface area contributed by atoms with Gasteiger partial charge in [-0.3, -0.25) is 0 Å². The number of nitrogens with one attached hydrogen (secondary N) is 1. The fourth-order valence-electron chi connectivity index (χ4n) is 3.43. The third kappa shape index (κ3) is 4.76. The summed E-state index contributed by atoms with van der Waals surface area (Å²) in [6.07, 6.45) is 1.34. The first-order chi connectivity index (χ1) is 13.9. The zero-order valence-electron chi connectivity index (χ0n) is 16.9. The molecule has 1 aliphatic rings. The summed E-state index contributed by atoms with van der Waals surface area (Å²) in [6.45, 7) is 4.11. The number of methoxy groups -OCH3 is 1. The molecule has 0 aliphatic carbocycles. The molecule has 4 N–H and O–H groups in total. The predicted molar refractivity (Wildman–Crippen MR) is 106 cm³/mol. The van der Waals surface area contributed by atoms with Crippen LogP contribution in [0.5, 0.6) is 5.75 Å². The normalized spacial score (nSPS) is 16.5. The van der Waals surface area contributed by atoms with Crippen LogP contribution in [0.25, 0.3) is 0 Å². The molecule has 0 fully saturated rings. The number of hydrogen-bond donors (Lipinski definition) is 3. The maximum Gasteiger partial charge on any atom is 0.336 e. The highest BCUT2D eigenvalue weighted by Crippen LogP contribution is 2.43. The van der Waals surface area contributed by atoms with E-state index in [0.717, 1.165) is 0 Å². The van der Waals surface area contributed by atoms with Crippen LogP contribution in [0.4, 0.5) is 4.39 Å². The third-order valence-corrected chi connectivity index (χ3v) is 4.67. The number of ether oxygens (including phenoxy) is 2. The monoisotopic (exact) mass is 406 g/mol. The number of carbonyl (C=O) groups excluding carboxylic acids is 1. The Bertz CT molecular complexity index is 847. The van der Waals surface area contributed by atoms with Gasteiger partial charge in [0.2, 0.25) is 0 Å². The largest absolute Gasteiger partial charge is 0.496 e. The molecule has 1 atom stereocenters. The number of benzene rings is 1. The maximum absolute atomic E-state index is 13.8. The van der Waals surface area contributed by atoms with Crippen molar-refractivity contribution in [1.29, 1.82) is 0 Å². The molecule has 0 radical (unpaired) electrons. The summed E-state index contributed by atoms with van der Waals surface area (Å²) in [5.74, 6) is -3.17. The molecule has 0 saturated carbocycles. The lowest BCUT2D eigenvalue weighted by molar-refractivity contribution is -0.139. The number of carbonyl (C=O) groups is 2. The molecule has 0 bridgehead atoms. The van der Waals surface area contributed by atoms with Crippen molar-refractivity contribution in [3.05, 3.63) is 52.1 Å². The molecule has 0 aromatic heterocycles. The Kier molecular flexibility index (Phi) is 7.78. The van der Waals surface area contributed by atoms with Crippen LogP contribution in [0.3, 0.4) is 0 Å². The molecule has 0 spiro atoms. The number of hydrogen-bond acceptors (Lipinski definition) is 6. The molecule has 1 heterocycles. The van der Waals surface area contributed by atoms with Crippen molar-refractivity contribution < 1.29 is 28.6 Å². The standard InChI is InChI=1S/C21H27FN2O5/c1-4-10-29-21(27)19-15(8-9-23)24-14(5-2)18(20(25)26)17(19)13-7-6-12(22)11-16(13)28-3/h6-7,11,17,24H,4-5,8-10,23H2,1-3H3,(H,25,26). The number of allylic oxidation sites excluding steroid dienone is 1. The van der Waals surface area contributed by atoms with E-state index in [1.54, 1.807) is 0 Å². The lowest BCUT2D eigenvalue weighted by Gasteiger charge is -2.32. The van der Waals surface area contributed by atoms with Crippen molar-refractivity contribution in [3.63, 3.8) is 0 Å². The van der Waals surface area contributed by atoms with Crippen LogP contribution in [0.15, 0.2) is 40.7 Å². The van der Waals surface area contributed by atoms with Crippen molar-refractivity contribution in [2.45, 2.75) is 39.0 Å². The van der Waals surface area contributed by atoms with Gasteiger partial charge in [-0.25, -0.2) is 14.0 Å². The zero-order valence-corrected chi connectivity index (χ0v) is 16.9. The van der Waals surface area contributed by atoms with Crippen molar-refractivity contribution in [3.8, 4) is 5.75 Å². The van der Waals surface area contributed by atoms with Gasteiger partial charge >= 0.3 is 11.9 Å². The van der Waals surface area contributed by atoms with E-state index in [9.17, 15) is 19.1 Å². The maximum atomic E-state index is 13.8. The lowest BCUT2D eigenvalue weighted by atomic mass is 9.78. The number of rotatable bonds is 9. The van der Waals surface area contributed by atoms with Crippen molar-refractivity contribution in [1.82, 2.24) is 5.32 Å². The van der Waals surface area contributed by atoms with E-state index in [1.807, 2.05) is 13.8 Å². The lowest BCUT2D eigenvalue weighted by Crippen LogP contribution is -2.34.